The minimum absolute atomic E-state index is 0.144. The number of hydrogen-bond acceptors (Lipinski definition) is 6. The van der Waals surface area contributed by atoms with E-state index in [-0.39, 0.29) is 17.6 Å². The molecule has 0 radical (unpaired) electrons. The molecule has 2 N–H and O–H groups in total. The third-order valence-electron chi connectivity index (χ3n) is 4.79. The van der Waals surface area contributed by atoms with E-state index < -0.39 is 0 Å². The molecule has 33 heavy (non-hydrogen) atoms. The summed E-state index contributed by atoms with van der Waals surface area (Å²) in [6, 6.07) is 19.9. The molecule has 3 aromatic rings. The first kappa shape index (κ1) is 24.0. The van der Waals surface area contributed by atoms with Crippen LogP contribution in [0.5, 0.6) is 17.2 Å². The van der Waals surface area contributed by atoms with Gasteiger partial charge in [-0.3, -0.25) is 9.59 Å². The van der Waals surface area contributed by atoms with E-state index in [1.165, 1.54) is 18.9 Å². The maximum absolute atomic E-state index is 12.8. The van der Waals surface area contributed by atoms with Gasteiger partial charge in [-0.2, -0.15) is 0 Å². The number of anilines is 1. The van der Waals surface area contributed by atoms with Crippen molar-refractivity contribution in [2.24, 2.45) is 0 Å². The molecule has 0 aliphatic carbocycles. The Morgan fingerprint density at radius 3 is 2.27 bits per heavy atom. The molecule has 2 amide bonds. The normalized spacial score (nSPS) is 10.3. The predicted octanol–water partition coefficient (Wildman–Crippen LogP) is 4.37. The molecule has 3 rings (SSSR count). The van der Waals surface area contributed by atoms with E-state index in [9.17, 15) is 9.59 Å². The van der Waals surface area contributed by atoms with Gasteiger partial charge in [-0.05, 0) is 30.3 Å². The molecule has 0 aromatic heterocycles. The van der Waals surface area contributed by atoms with Gasteiger partial charge in [0.1, 0.15) is 5.75 Å². The number of amides is 2. The predicted molar refractivity (Wildman–Crippen MR) is 130 cm³/mol. The molecule has 0 fully saturated rings. The van der Waals surface area contributed by atoms with Crippen LogP contribution in [-0.4, -0.2) is 38.9 Å². The lowest BCUT2D eigenvalue weighted by molar-refractivity contribution is -0.113. The maximum Gasteiger partial charge on any atom is 0.252 e. The minimum Gasteiger partial charge on any atom is -0.496 e. The SMILES string of the molecule is COc1ccccc1CNC(=O)c1ccccc1SCC(=O)Nc1ccc(OC)c(OC)c1. The van der Waals surface area contributed by atoms with Gasteiger partial charge in [0, 0.05) is 28.8 Å². The van der Waals surface area contributed by atoms with Crippen LogP contribution in [0.3, 0.4) is 0 Å². The van der Waals surface area contributed by atoms with Crippen molar-refractivity contribution in [3.05, 3.63) is 77.9 Å². The first-order chi connectivity index (χ1) is 16.0. The Bertz CT molecular complexity index is 1120. The topological polar surface area (TPSA) is 85.9 Å². The van der Waals surface area contributed by atoms with E-state index in [4.69, 9.17) is 14.2 Å². The highest BCUT2D eigenvalue weighted by Gasteiger charge is 2.14. The van der Waals surface area contributed by atoms with Crippen molar-refractivity contribution in [1.29, 1.82) is 0 Å². The second kappa shape index (κ2) is 11.8. The number of benzene rings is 3. The molecule has 0 aliphatic heterocycles. The highest BCUT2D eigenvalue weighted by Crippen LogP contribution is 2.30. The zero-order valence-corrected chi connectivity index (χ0v) is 19.5. The summed E-state index contributed by atoms with van der Waals surface area (Å²) in [5.74, 6) is 1.55. The third kappa shape index (κ3) is 6.43. The monoisotopic (exact) mass is 466 g/mol. The number of hydrogen-bond donors (Lipinski definition) is 2. The Hall–Kier alpha value is -3.65. The smallest absolute Gasteiger partial charge is 0.252 e. The van der Waals surface area contributed by atoms with Crippen molar-refractivity contribution >= 4 is 29.3 Å². The molecule has 0 saturated carbocycles. The third-order valence-corrected chi connectivity index (χ3v) is 5.86. The maximum atomic E-state index is 12.8. The van der Waals surface area contributed by atoms with E-state index in [0.717, 1.165) is 10.5 Å². The number of methoxy groups -OCH3 is 3. The molecule has 8 heteroatoms. The minimum atomic E-state index is -0.218. The van der Waals surface area contributed by atoms with Gasteiger partial charge in [0.25, 0.3) is 5.91 Å². The summed E-state index contributed by atoms with van der Waals surface area (Å²) in [5, 5.41) is 5.76. The first-order valence-corrected chi connectivity index (χ1v) is 11.2. The molecule has 0 heterocycles. The Kier molecular flexibility index (Phi) is 8.60. The second-order valence-electron chi connectivity index (χ2n) is 6.90. The average molecular weight is 467 g/mol. The molecule has 0 atom stereocenters. The fourth-order valence-corrected chi connectivity index (χ4v) is 4.00. The Labute approximate surface area is 197 Å². The molecule has 0 spiro atoms. The van der Waals surface area contributed by atoms with E-state index in [1.807, 2.05) is 36.4 Å². The second-order valence-corrected chi connectivity index (χ2v) is 7.91. The number of carbonyl (C=O) groups excluding carboxylic acids is 2. The summed E-state index contributed by atoms with van der Waals surface area (Å²) in [6.45, 7) is 0.335. The van der Waals surface area contributed by atoms with Gasteiger partial charge >= 0.3 is 0 Å². The fourth-order valence-electron chi connectivity index (χ4n) is 3.15. The summed E-state index contributed by atoms with van der Waals surface area (Å²) in [4.78, 5) is 26.0. The summed E-state index contributed by atoms with van der Waals surface area (Å²) < 4.78 is 15.8. The van der Waals surface area contributed by atoms with Crippen LogP contribution in [0.4, 0.5) is 5.69 Å². The highest BCUT2D eigenvalue weighted by molar-refractivity contribution is 8.00. The molecule has 0 unspecified atom stereocenters. The molecule has 0 aliphatic rings. The Balaban J connectivity index is 1.61. The van der Waals surface area contributed by atoms with Gasteiger partial charge in [0.15, 0.2) is 11.5 Å². The van der Waals surface area contributed by atoms with Crippen LogP contribution in [0.25, 0.3) is 0 Å². The van der Waals surface area contributed by atoms with Crippen molar-refractivity contribution in [2.45, 2.75) is 11.4 Å². The quantitative estimate of drug-likeness (QED) is 0.432. The van der Waals surface area contributed by atoms with Crippen molar-refractivity contribution in [3.63, 3.8) is 0 Å². The van der Waals surface area contributed by atoms with Gasteiger partial charge in [-0.25, -0.2) is 0 Å². The summed E-state index contributed by atoms with van der Waals surface area (Å²) in [6.07, 6.45) is 0. The Morgan fingerprint density at radius 2 is 1.52 bits per heavy atom. The fraction of sp³-hybridized carbons (Fsp3) is 0.200. The number of nitrogens with one attached hydrogen (secondary N) is 2. The van der Waals surface area contributed by atoms with Crippen LogP contribution in [0.1, 0.15) is 15.9 Å². The average Bonchev–Trinajstić information content (AvgIpc) is 2.86. The van der Waals surface area contributed by atoms with Crippen molar-refractivity contribution in [3.8, 4) is 17.2 Å². The first-order valence-electron chi connectivity index (χ1n) is 10.2. The molecule has 172 valence electrons. The number of para-hydroxylation sites is 1. The largest absolute Gasteiger partial charge is 0.496 e. The van der Waals surface area contributed by atoms with Gasteiger partial charge in [0.05, 0.1) is 32.6 Å². The van der Waals surface area contributed by atoms with E-state index in [1.54, 1.807) is 44.6 Å². The number of rotatable bonds is 10. The standard InChI is InChI=1S/C25H26N2O5S/c1-30-20-10-6-4-8-17(20)15-26-25(29)19-9-5-7-11-23(19)33-16-24(28)27-18-12-13-21(31-2)22(14-18)32-3/h4-14H,15-16H2,1-3H3,(H,26,29)(H,27,28). The van der Waals surface area contributed by atoms with Crippen LogP contribution in [0.15, 0.2) is 71.6 Å². The number of carbonyl (C=O) groups is 2. The highest BCUT2D eigenvalue weighted by atomic mass is 32.2. The Morgan fingerprint density at radius 1 is 0.818 bits per heavy atom. The van der Waals surface area contributed by atoms with Crippen molar-refractivity contribution < 1.29 is 23.8 Å². The summed E-state index contributed by atoms with van der Waals surface area (Å²) in [5.41, 5.74) is 1.99. The van der Waals surface area contributed by atoms with Gasteiger partial charge in [-0.15, -0.1) is 11.8 Å². The molecular formula is C25H26N2O5S. The zero-order chi connectivity index (χ0) is 23.6. The number of ether oxygens (including phenoxy) is 3. The lowest BCUT2D eigenvalue weighted by Gasteiger charge is -2.12. The molecule has 0 saturated heterocycles. The lowest BCUT2D eigenvalue weighted by atomic mass is 10.1. The van der Waals surface area contributed by atoms with E-state index >= 15 is 0 Å². The van der Waals surface area contributed by atoms with E-state index in [0.29, 0.717) is 35.0 Å². The van der Waals surface area contributed by atoms with Gasteiger partial charge < -0.3 is 24.8 Å². The molecule has 7 nitrogen and oxygen atoms in total. The van der Waals surface area contributed by atoms with Crippen molar-refractivity contribution in [2.75, 3.05) is 32.4 Å². The van der Waals surface area contributed by atoms with Gasteiger partial charge in [-0.1, -0.05) is 30.3 Å². The van der Waals surface area contributed by atoms with E-state index in [2.05, 4.69) is 10.6 Å². The molecule has 0 bridgehead atoms. The molecule has 3 aromatic carbocycles. The number of thioether (sulfide) groups is 1. The van der Waals surface area contributed by atoms with Crippen LogP contribution in [0.2, 0.25) is 0 Å². The zero-order valence-electron chi connectivity index (χ0n) is 18.7. The van der Waals surface area contributed by atoms with Crippen LogP contribution in [-0.2, 0) is 11.3 Å². The summed E-state index contributed by atoms with van der Waals surface area (Å²) in [7, 11) is 4.69. The van der Waals surface area contributed by atoms with Crippen LogP contribution in [0, 0.1) is 0 Å². The van der Waals surface area contributed by atoms with Crippen LogP contribution < -0.4 is 24.8 Å². The van der Waals surface area contributed by atoms with Gasteiger partial charge in [0.2, 0.25) is 5.91 Å². The lowest BCUT2D eigenvalue weighted by Crippen LogP contribution is -2.24. The van der Waals surface area contributed by atoms with Crippen LogP contribution >= 0.6 is 11.8 Å². The molecular weight excluding hydrogens is 440 g/mol. The summed E-state index contributed by atoms with van der Waals surface area (Å²) >= 11 is 1.30. The van der Waals surface area contributed by atoms with Crippen molar-refractivity contribution in [1.82, 2.24) is 5.32 Å².